The highest BCUT2D eigenvalue weighted by Gasteiger charge is 2.27. The van der Waals surface area contributed by atoms with Gasteiger partial charge in [0.25, 0.3) is 5.56 Å². The first-order valence-corrected chi connectivity index (χ1v) is 12.9. The van der Waals surface area contributed by atoms with Crippen molar-refractivity contribution in [1.29, 1.82) is 0 Å². The number of para-hydroxylation sites is 3. The van der Waals surface area contributed by atoms with Gasteiger partial charge in [-0.3, -0.25) is 19.0 Å². The van der Waals surface area contributed by atoms with Crippen molar-refractivity contribution in [3.8, 4) is 5.69 Å². The third-order valence-electron chi connectivity index (χ3n) is 6.47. The summed E-state index contributed by atoms with van der Waals surface area (Å²) in [5, 5.41) is 3.74. The van der Waals surface area contributed by atoms with Crippen LogP contribution in [-0.4, -0.2) is 33.7 Å². The summed E-state index contributed by atoms with van der Waals surface area (Å²) >= 11 is 1.19. The standard InChI is InChI=1S/C28H26N4O3S/c1-3-18(2)19-12-14-20(15-13-19)32-27(35)21-8-4-5-9-22(21)30-28(32)36-17-26(34)31-16-25(33)29-23-10-6-7-11-24(23)31/h4-15,18H,3,16-17H2,1-2H3,(H,29,33)/t18-/m1/s1. The number of carbonyl (C=O) groups excluding carboxylic acids is 2. The number of aromatic nitrogens is 2. The average molecular weight is 499 g/mol. The third kappa shape index (κ3) is 4.52. The number of nitrogens with one attached hydrogen (secondary N) is 1. The summed E-state index contributed by atoms with van der Waals surface area (Å²) in [5.41, 5.74) is 3.56. The molecule has 2 heterocycles. The number of anilines is 2. The van der Waals surface area contributed by atoms with Crippen molar-refractivity contribution >= 4 is 45.9 Å². The van der Waals surface area contributed by atoms with E-state index < -0.39 is 0 Å². The van der Waals surface area contributed by atoms with E-state index in [0.717, 1.165) is 6.42 Å². The Labute approximate surface area is 213 Å². The van der Waals surface area contributed by atoms with E-state index in [2.05, 4.69) is 19.2 Å². The van der Waals surface area contributed by atoms with Gasteiger partial charge in [0.05, 0.1) is 33.7 Å². The lowest BCUT2D eigenvalue weighted by atomic mass is 9.98. The molecule has 0 saturated carbocycles. The normalized spacial score (nSPS) is 13.8. The van der Waals surface area contributed by atoms with Crippen molar-refractivity contribution in [2.45, 2.75) is 31.3 Å². The van der Waals surface area contributed by atoms with Gasteiger partial charge in [-0.2, -0.15) is 0 Å². The molecule has 0 fully saturated rings. The van der Waals surface area contributed by atoms with Crippen molar-refractivity contribution in [3.05, 3.63) is 88.7 Å². The molecule has 1 aliphatic heterocycles. The predicted octanol–water partition coefficient (Wildman–Crippen LogP) is 4.98. The third-order valence-corrected chi connectivity index (χ3v) is 7.40. The number of amides is 2. The predicted molar refractivity (Wildman–Crippen MR) is 144 cm³/mol. The molecule has 0 saturated heterocycles. The van der Waals surface area contributed by atoms with Gasteiger partial charge in [0, 0.05) is 0 Å². The number of hydrogen-bond donors (Lipinski definition) is 1. The SMILES string of the molecule is CC[C@@H](C)c1ccc(-n2c(SCC(=O)N3CC(=O)Nc4ccccc43)nc3ccccc3c2=O)cc1. The maximum Gasteiger partial charge on any atom is 0.266 e. The van der Waals surface area contributed by atoms with E-state index in [1.807, 2.05) is 48.5 Å². The molecule has 5 rings (SSSR count). The molecular formula is C28H26N4O3S. The Kier molecular flexibility index (Phi) is 6.61. The van der Waals surface area contributed by atoms with Crippen molar-refractivity contribution in [2.75, 3.05) is 22.5 Å². The number of hydrogen-bond acceptors (Lipinski definition) is 5. The number of nitrogens with zero attached hydrogens (tertiary/aromatic N) is 3. The van der Waals surface area contributed by atoms with E-state index in [1.54, 1.807) is 28.8 Å². The fraction of sp³-hybridized carbons (Fsp3) is 0.214. The van der Waals surface area contributed by atoms with Crippen LogP contribution in [0.5, 0.6) is 0 Å². The molecule has 0 radical (unpaired) electrons. The Balaban J connectivity index is 1.50. The molecule has 4 aromatic rings. The smallest absolute Gasteiger partial charge is 0.266 e. The van der Waals surface area contributed by atoms with E-state index >= 15 is 0 Å². The van der Waals surface area contributed by atoms with Crippen molar-refractivity contribution in [2.24, 2.45) is 0 Å². The monoisotopic (exact) mass is 498 g/mol. The first-order valence-electron chi connectivity index (χ1n) is 11.9. The Bertz CT molecular complexity index is 1510. The summed E-state index contributed by atoms with van der Waals surface area (Å²) in [6, 6.07) is 22.4. The van der Waals surface area contributed by atoms with Crippen LogP contribution in [0.4, 0.5) is 11.4 Å². The van der Waals surface area contributed by atoms with Gasteiger partial charge in [-0.15, -0.1) is 0 Å². The van der Waals surface area contributed by atoms with Crippen LogP contribution in [0.1, 0.15) is 31.7 Å². The summed E-state index contributed by atoms with van der Waals surface area (Å²) in [6.07, 6.45) is 1.03. The second-order valence-corrected chi connectivity index (χ2v) is 9.73. The lowest BCUT2D eigenvalue weighted by molar-refractivity contribution is -0.120. The molecule has 2 amide bonds. The van der Waals surface area contributed by atoms with Gasteiger partial charge in [-0.1, -0.05) is 62.0 Å². The molecule has 182 valence electrons. The molecule has 0 bridgehead atoms. The summed E-state index contributed by atoms with van der Waals surface area (Å²) in [4.78, 5) is 45.2. The highest BCUT2D eigenvalue weighted by atomic mass is 32.2. The minimum atomic E-state index is -0.241. The topological polar surface area (TPSA) is 84.3 Å². The van der Waals surface area contributed by atoms with Gasteiger partial charge in [-0.25, -0.2) is 4.98 Å². The number of benzene rings is 3. The van der Waals surface area contributed by atoms with E-state index in [-0.39, 0.29) is 29.7 Å². The summed E-state index contributed by atoms with van der Waals surface area (Å²) in [6.45, 7) is 4.27. The van der Waals surface area contributed by atoms with Crippen LogP contribution >= 0.6 is 11.8 Å². The quantitative estimate of drug-likeness (QED) is 0.300. The second-order valence-electron chi connectivity index (χ2n) is 8.79. The highest BCUT2D eigenvalue weighted by Crippen LogP contribution is 2.30. The maximum absolute atomic E-state index is 13.5. The van der Waals surface area contributed by atoms with Crippen LogP contribution in [0, 0.1) is 0 Å². The maximum atomic E-state index is 13.5. The fourth-order valence-electron chi connectivity index (χ4n) is 4.28. The Morgan fingerprint density at radius 1 is 1.03 bits per heavy atom. The minimum Gasteiger partial charge on any atom is -0.323 e. The van der Waals surface area contributed by atoms with Gasteiger partial charge in [0.1, 0.15) is 6.54 Å². The van der Waals surface area contributed by atoms with E-state index in [9.17, 15) is 14.4 Å². The van der Waals surface area contributed by atoms with E-state index in [4.69, 9.17) is 4.98 Å². The molecule has 1 atom stereocenters. The summed E-state index contributed by atoms with van der Waals surface area (Å²) in [7, 11) is 0. The molecule has 36 heavy (non-hydrogen) atoms. The molecule has 0 unspecified atom stereocenters. The summed E-state index contributed by atoms with van der Waals surface area (Å²) in [5.74, 6) is -0.0312. The first-order chi connectivity index (χ1) is 17.5. The van der Waals surface area contributed by atoms with Crippen LogP contribution < -0.4 is 15.8 Å². The first kappa shape index (κ1) is 23.8. The highest BCUT2D eigenvalue weighted by molar-refractivity contribution is 7.99. The number of carbonyl (C=O) groups is 2. The molecule has 7 nitrogen and oxygen atoms in total. The van der Waals surface area contributed by atoms with Crippen LogP contribution in [0.2, 0.25) is 0 Å². The molecular weight excluding hydrogens is 472 g/mol. The Morgan fingerprint density at radius 2 is 1.75 bits per heavy atom. The molecule has 3 aromatic carbocycles. The Hall–Kier alpha value is -3.91. The van der Waals surface area contributed by atoms with Crippen molar-refractivity contribution < 1.29 is 9.59 Å². The van der Waals surface area contributed by atoms with Gasteiger partial charge in [0.2, 0.25) is 11.8 Å². The lowest BCUT2D eigenvalue weighted by Crippen LogP contribution is -2.43. The van der Waals surface area contributed by atoms with Crippen LogP contribution in [-0.2, 0) is 9.59 Å². The number of rotatable bonds is 6. The van der Waals surface area contributed by atoms with Crippen LogP contribution in [0.25, 0.3) is 16.6 Å². The number of thioether (sulfide) groups is 1. The van der Waals surface area contributed by atoms with Gasteiger partial charge < -0.3 is 10.2 Å². The molecule has 1 N–H and O–H groups in total. The Morgan fingerprint density at radius 3 is 2.53 bits per heavy atom. The van der Waals surface area contributed by atoms with Gasteiger partial charge in [0.15, 0.2) is 5.16 Å². The van der Waals surface area contributed by atoms with Crippen LogP contribution in [0.3, 0.4) is 0 Å². The zero-order chi connectivity index (χ0) is 25.2. The average Bonchev–Trinajstić information content (AvgIpc) is 2.91. The van der Waals surface area contributed by atoms with Crippen molar-refractivity contribution in [3.63, 3.8) is 0 Å². The molecule has 1 aliphatic rings. The van der Waals surface area contributed by atoms with Crippen LogP contribution in [0.15, 0.2) is 82.7 Å². The largest absolute Gasteiger partial charge is 0.323 e. The zero-order valence-corrected chi connectivity index (χ0v) is 20.9. The zero-order valence-electron chi connectivity index (χ0n) is 20.1. The van der Waals surface area contributed by atoms with Gasteiger partial charge in [-0.05, 0) is 54.3 Å². The summed E-state index contributed by atoms with van der Waals surface area (Å²) < 4.78 is 1.57. The molecule has 1 aromatic heterocycles. The number of fused-ring (bicyclic) bond motifs is 2. The lowest BCUT2D eigenvalue weighted by Gasteiger charge is -2.29. The fourth-order valence-corrected chi connectivity index (χ4v) is 5.17. The van der Waals surface area contributed by atoms with Crippen molar-refractivity contribution in [1.82, 2.24) is 9.55 Å². The molecule has 0 aliphatic carbocycles. The van der Waals surface area contributed by atoms with Gasteiger partial charge >= 0.3 is 0 Å². The molecule has 8 heteroatoms. The minimum absolute atomic E-state index is 0.0251. The second kappa shape index (κ2) is 9.99. The molecule has 0 spiro atoms. The van der Waals surface area contributed by atoms with E-state index in [1.165, 1.54) is 22.2 Å². The van der Waals surface area contributed by atoms with E-state index in [0.29, 0.717) is 39.0 Å².